The minimum absolute atomic E-state index is 0.706. The van der Waals surface area contributed by atoms with E-state index in [1.807, 2.05) is 60.7 Å². The van der Waals surface area contributed by atoms with Crippen LogP contribution < -0.4 is 0 Å². The van der Waals surface area contributed by atoms with Crippen molar-refractivity contribution in [1.82, 2.24) is 9.97 Å². The molecule has 37 heavy (non-hydrogen) atoms. The fraction of sp³-hybridized carbons (Fsp3) is 0. The van der Waals surface area contributed by atoms with Crippen molar-refractivity contribution in [3.63, 3.8) is 0 Å². The molecule has 6 aromatic rings. The molecule has 0 radical (unpaired) electrons. The molecule has 0 aliphatic heterocycles. The third-order valence-corrected chi connectivity index (χ3v) is 6.63. The normalized spacial score (nSPS) is 10.8. The monoisotopic (exact) mass is 494 g/mol. The van der Waals surface area contributed by atoms with Gasteiger partial charge in [0.15, 0.2) is 5.82 Å². The number of aromatic nitrogens is 2. The molecule has 0 aliphatic carbocycles. The smallest absolute Gasteiger partial charge is 0.160 e. The summed E-state index contributed by atoms with van der Waals surface area (Å²) in [5.41, 5.74) is 9.44. The van der Waals surface area contributed by atoms with Gasteiger partial charge in [0.1, 0.15) is 0 Å². The van der Waals surface area contributed by atoms with Gasteiger partial charge in [-0.1, -0.05) is 127 Å². The molecule has 3 heteroatoms. The molecule has 6 rings (SSSR count). The van der Waals surface area contributed by atoms with E-state index < -0.39 is 0 Å². The first-order valence-corrected chi connectivity index (χ1v) is 12.6. The van der Waals surface area contributed by atoms with Crippen LogP contribution in [0.4, 0.5) is 0 Å². The van der Waals surface area contributed by atoms with Gasteiger partial charge in [-0.3, -0.25) is 0 Å². The van der Waals surface area contributed by atoms with Gasteiger partial charge < -0.3 is 0 Å². The van der Waals surface area contributed by atoms with Crippen LogP contribution in [0.3, 0.4) is 0 Å². The molecule has 0 saturated heterocycles. The fourth-order valence-corrected chi connectivity index (χ4v) is 4.55. The minimum Gasteiger partial charge on any atom is -0.228 e. The van der Waals surface area contributed by atoms with Crippen LogP contribution in [0.5, 0.6) is 0 Å². The molecule has 1 heterocycles. The van der Waals surface area contributed by atoms with E-state index in [1.54, 1.807) is 0 Å². The summed E-state index contributed by atoms with van der Waals surface area (Å²) in [7, 11) is 0. The van der Waals surface area contributed by atoms with Gasteiger partial charge in [0.05, 0.1) is 11.4 Å². The Morgan fingerprint density at radius 2 is 0.811 bits per heavy atom. The number of benzene rings is 5. The Morgan fingerprint density at radius 3 is 1.49 bits per heavy atom. The van der Waals surface area contributed by atoms with E-state index in [9.17, 15) is 0 Å². The summed E-state index contributed by atoms with van der Waals surface area (Å²) in [4.78, 5) is 9.95. The summed E-state index contributed by atoms with van der Waals surface area (Å²) in [5.74, 6) is 0.706. The highest BCUT2D eigenvalue weighted by atomic mass is 35.5. The Labute approximate surface area is 221 Å². The lowest BCUT2D eigenvalue weighted by molar-refractivity contribution is 1.18. The van der Waals surface area contributed by atoms with E-state index in [2.05, 4.69) is 78.9 Å². The van der Waals surface area contributed by atoms with Gasteiger partial charge in [0.25, 0.3) is 0 Å². The standard InChI is InChI=1S/C34H23ClN2/c35-31-20-18-26(19-21-31)29-12-7-13-30(22-29)33-23-32(36-34(37-33)28-10-5-2-6-11-28)27-16-14-25(15-17-27)24-8-3-1-4-9-24/h1-23H. The largest absolute Gasteiger partial charge is 0.228 e. The van der Waals surface area contributed by atoms with Crippen LogP contribution >= 0.6 is 11.6 Å². The van der Waals surface area contributed by atoms with Crippen molar-refractivity contribution in [2.75, 3.05) is 0 Å². The first-order chi connectivity index (χ1) is 18.2. The van der Waals surface area contributed by atoms with E-state index in [-0.39, 0.29) is 0 Å². The number of hydrogen-bond donors (Lipinski definition) is 0. The van der Waals surface area contributed by atoms with Crippen LogP contribution in [0.15, 0.2) is 140 Å². The minimum atomic E-state index is 0.706. The van der Waals surface area contributed by atoms with E-state index in [0.29, 0.717) is 5.82 Å². The molecule has 5 aromatic carbocycles. The van der Waals surface area contributed by atoms with Crippen molar-refractivity contribution in [3.8, 4) is 56.2 Å². The topological polar surface area (TPSA) is 25.8 Å². The first-order valence-electron chi connectivity index (χ1n) is 12.2. The van der Waals surface area contributed by atoms with E-state index >= 15 is 0 Å². The van der Waals surface area contributed by atoms with Crippen LogP contribution in [0.25, 0.3) is 56.2 Å². The van der Waals surface area contributed by atoms with Gasteiger partial charge in [0, 0.05) is 21.7 Å². The third kappa shape index (κ3) is 5.06. The molecule has 0 unspecified atom stereocenters. The summed E-state index contributed by atoms with van der Waals surface area (Å²) >= 11 is 6.11. The summed E-state index contributed by atoms with van der Waals surface area (Å²) in [6.07, 6.45) is 0. The molecule has 0 atom stereocenters. The van der Waals surface area contributed by atoms with Gasteiger partial charge in [-0.2, -0.15) is 0 Å². The van der Waals surface area contributed by atoms with E-state index in [1.165, 1.54) is 11.1 Å². The lowest BCUT2D eigenvalue weighted by atomic mass is 9.99. The number of nitrogens with zero attached hydrogens (tertiary/aromatic N) is 2. The molecule has 176 valence electrons. The predicted octanol–water partition coefficient (Wildman–Crippen LogP) is 9.46. The predicted molar refractivity (Wildman–Crippen MR) is 154 cm³/mol. The quantitative estimate of drug-likeness (QED) is 0.238. The molecular weight excluding hydrogens is 472 g/mol. The van der Waals surface area contributed by atoms with Crippen LogP contribution in [0.1, 0.15) is 0 Å². The number of halogens is 1. The van der Waals surface area contributed by atoms with Crippen LogP contribution in [0, 0.1) is 0 Å². The zero-order chi connectivity index (χ0) is 25.0. The average Bonchev–Trinajstić information content (AvgIpc) is 2.98. The molecule has 1 aromatic heterocycles. The lowest BCUT2D eigenvalue weighted by Gasteiger charge is -2.11. The fourth-order valence-electron chi connectivity index (χ4n) is 4.42. The Bertz CT molecular complexity index is 1640. The molecule has 0 spiro atoms. The van der Waals surface area contributed by atoms with Crippen molar-refractivity contribution in [3.05, 3.63) is 145 Å². The van der Waals surface area contributed by atoms with Gasteiger partial charge in [-0.25, -0.2) is 9.97 Å². The van der Waals surface area contributed by atoms with Gasteiger partial charge in [-0.15, -0.1) is 0 Å². The molecular formula is C34H23ClN2. The van der Waals surface area contributed by atoms with Crippen molar-refractivity contribution in [2.24, 2.45) is 0 Å². The van der Waals surface area contributed by atoms with E-state index in [0.717, 1.165) is 44.2 Å². The van der Waals surface area contributed by atoms with Gasteiger partial charge >= 0.3 is 0 Å². The van der Waals surface area contributed by atoms with Gasteiger partial charge in [-0.05, 0) is 46.5 Å². The Kier molecular flexibility index (Phi) is 6.33. The van der Waals surface area contributed by atoms with Crippen molar-refractivity contribution >= 4 is 11.6 Å². The van der Waals surface area contributed by atoms with Crippen molar-refractivity contribution < 1.29 is 0 Å². The van der Waals surface area contributed by atoms with Crippen LogP contribution in [-0.4, -0.2) is 9.97 Å². The summed E-state index contributed by atoms with van der Waals surface area (Å²) in [5, 5.41) is 0.728. The molecule has 0 saturated carbocycles. The maximum absolute atomic E-state index is 6.11. The SMILES string of the molecule is Clc1ccc(-c2cccc(-c3cc(-c4ccc(-c5ccccc5)cc4)nc(-c4ccccc4)n3)c2)cc1. The second-order valence-electron chi connectivity index (χ2n) is 8.86. The Morgan fingerprint density at radius 1 is 0.351 bits per heavy atom. The molecule has 0 fully saturated rings. The summed E-state index contributed by atoms with van der Waals surface area (Å²) in [6, 6.07) is 47.5. The molecule has 0 bridgehead atoms. The highest BCUT2D eigenvalue weighted by Gasteiger charge is 2.12. The number of rotatable bonds is 5. The van der Waals surface area contributed by atoms with Crippen molar-refractivity contribution in [1.29, 1.82) is 0 Å². The first kappa shape index (κ1) is 22.9. The lowest BCUT2D eigenvalue weighted by Crippen LogP contribution is -1.96. The molecule has 2 nitrogen and oxygen atoms in total. The third-order valence-electron chi connectivity index (χ3n) is 6.38. The highest BCUT2D eigenvalue weighted by Crippen LogP contribution is 2.31. The summed E-state index contributed by atoms with van der Waals surface area (Å²) < 4.78 is 0. The zero-order valence-electron chi connectivity index (χ0n) is 20.1. The van der Waals surface area contributed by atoms with Crippen LogP contribution in [0.2, 0.25) is 5.02 Å². The van der Waals surface area contributed by atoms with Gasteiger partial charge in [0.2, 0.25) is 0 Å². The Hall–Kier alpha value is -4.53. The second-order valence-corrected chi connectivity index (χ2v) is 9.30. The van der Waals surface area contributed by atoms with E-state index in [4.69, 9.17) is 21.6 Å². The maximum Gasteiger partial charge on any atom is 0.160 e. The summed E-state index contributed by atoms with van der Waals surface area (Å²) in [6.45, 7) is 0. The Balaban J connectivity index is 1.44. The number of hydrogen-bond acceptors (Lipinski definition) is 2. The highest BCUT2D eigenvalue weighted by molar-refractivity contribution is 6.30. The zero-order valence-corrected chi connectivity index (χ0v) is 20.8. The molecule has 0 amide bonds. The van der Waals surface area contributed by atoms with Crippen LogP contribution in [-0.2, 0) is 0 Å². The average molecular weight is 495 g/mol. The molecule has 0 aliphatic rings. The maximum atomic E-state index is 6.11. The molecule has 0 N–H and O–H groups in total. The van der Waals surface area contributed by atoms with Crippen molar-refractivity contribution in [2.45, 2.75) is 0 Å². The second kappa shape index (κ2) is 10.2.